The van der Waals surface area contributed by atoms with Crippen molar-refractivity contribution in [2.24, 2.45) is 0 Å². The van der Waals surface area contributed by atoms with Gasteiger partial charge in [0, 0.05) is 6.07 Å². The van der Waals surface area contributed by atoms with E-state index in [0.29, 0.717) is 23.8 Å². The number of benzene rings is 2. The number of anilines is 1. The Morgan fingerprint density at radius 3 is 1.97 bits per heavy atom. The van der Waals surface area contributed by atoms with E-state index in [1.54, 1.807) is 24.3 Å². The van der Waals surface area contributed by atoms with Gasteiger partial charge in [-0.05, 0) is 36.8 Å². The maximum absolute atomic E-state index is 12.3. The van der Waals surface area contributed by atoms with E-state index in [4.69, 9.17) is 18.9 Å². The molecule has 2 N–H and O–H groups in total. The molecule has 36 heavy (non-hydrogen) atoms. The molecule has 194 valence electrons. The summed E-state index contributed by atoms with van der Waals surface area (Å²) in [7, 11) is 1.43. The van der Waals surface area contributed by atoms with Crippen LogP contribution < -0.4 is 23.9 Å². The van der Waals surface area contributed by atoms with Gasteiger partial charge in [-0.25, -0.2) is 0 Å². The van der Waals surface area contributed by atoms with Gasteiger partial charge in [0.05, 0.1) is 30.5 Å². The molecule has 0 amide bonds. The van der Waals surface area contributed by atoms with E-state index in [0.717, 1.165) is 12.2 Å². The predicted molar refractivity (Wildman–Crippen MR) is 142 cm³/mol. The Hall–Kier alpha value is -3.27. The first-order valence-corrected chi connectivity index (χ1v) is 13.6. The molecule has 8 nitrogen and oxygen atoms in total. The van der Waals surface area contributed by atoms with Crippen molar-refractivity contribution in [2.45, 2.75) is 71.1 Å². The molecule has 0 spiro atoms. The quantitative estimate of drug-likeness (QED) is 0.177. The fraction of sp³-hybridized carbons (Fsp3) is 0.481. The van der Waals surface area contributed by atoms with E-state index in [1.165, 1.54) is 77.0 Å². The molecule has 0 heterocycles. The molecular formula is C27H36N4O4S. The number of hydrogen-bond acceptors (Lipinski definition) is 7. The highest BCUT2D eigenvalue weighted by Crippen LogP contribution is 2.27. The molecule has 0 saturated heterocycles. The molecule has 1 atom stereocenters. The summed E-state index contributed by atoms with van der Waals surface area (Å²) in [5.74, 6) is 1.46. The smallest absolute Gasteiger partial charge is 0.306 e. The summed E-state index contributed by atoms with van der Waals surface area (Å²) < 4.78 is 28.6. The largest absolute Gasteiger partial charge is 0.494 e. The fourth-order valence-corrected chi connectivity index (χ4v) is 4.13. The summed E-state index contributed by atoms with van der Waals surface area (Å²) in [6.45, 7) is 2.92. The second-order valence-electron chi connectivity index (χ2n) is 8.37. The van der Waals surface area contributed by atoms with Gasteiger partial charge in [0.15, 0.2) is 0 Å². The van der Waals surface area contributed by atoms with Gasteiger partial charge in [0.25, 0.3) is 0 Å². The minimum atomic E-state index is -1.92. The van der Waals surface area contributed by atoms with E-state index >= 15 is 0 Å². The van der Waals surface area contributed by atoms with Crippen molar-refractivity contribution in [2.75, 3.05) is 19.1 Å². The molecule has 0 aromatic heterocycles. The number of nitriles is 2. The number of hydrazine groups is 1. The van der Waals surface area contributed by atoms with Crippen LogP contribution in [0.3, 0.4) is 0 Å². The van der Waals surface area contributed by atoms with E-state index in [1.807, 2.05) is 12.1 Å². The Bertz CT molecular complexity index is 1030. The van der Waals surface area contributed by atoms with Gasteiger partial charge in [0.2, 0.25) is 0 Å². The second-order valence-corrected chi connectivity index (χ2v) is 9.21. The van der Waals surface area contributed by atoms with Crippen LogP contribution in [0, 0.1) is 22.7 Å². The summed E-state index contributed by atoms with van der Waals surface area (Å²) >= 11 is -1.92. The third kappa shape index (κ3) is 10.6. The van der Waals surface area contributed by atoms with Crippen LogP contribution in [0.15, 0.2) is 36.4 Å². The summed E-state index contributed by atoms with van der Waals surface area (Å²) in [6, 6.07) is 13.7. The Morgan fingerprint density at radius 1 is 0.833 bits per heavy atom. The number of unbranched alkanes of at least 4 members (excludes halogenated alkanes) is 9. The fourth-order valence-electron chi connectivity index (χ4n) is 3.61. The first-order valence-electron chi connectivity index (χ1n) is 12.5. The number of methoxy groups -OCH3 is 1. The first kappa shape index (κ1) is 29.0. The number of rotatable bonds is 18. The predicted octanol–water partition coefficient (Wildman–Crippen LogP) is 6.31. The lowest BCUT2D eigenvalue weighted by Crippen LogP contribution is -2.27. The van der Waals surface area contributed by atoms with Gasteiger partial charge in [0.1, 0.15) is 29.4 Å². The monoisotopic (exact) mass is 512 g/mol. The van der Waals surface area contributed by atoms with Crippen molar-refractivity contribution < 1.29 is 17.9 Å². The van der Waals surface area contributed by atoms with Gasteiger partial charge in [-0.15, -0.1) is 4.83 Å². The Kier molecular flexibility index (Phi) is 13.8. The van der Waals surface area contributed by atoms with Gasteiger partial charge in [-0.3, -0.25) is 0 Å². The zero-order valence-corrected chi connectivity index (χ0v) is 22.0. The molecule has 0 fully saturated rings. The van der Waals surface area contributed by atoms with Crippen LogP contribution in [-0.2, 0) is 11.3 Å². The van der Waals surface area contributed by atoms with Crippen molar-refractivity contribution in [3.63, 3.8) is 0 Å². The number of nitrogens with one attached hydrogen (secondary N) is 2. The zero-order chi connectivity index (χ0) is 26.0. The molecule has 2 aromatic rings. The van der Waals surface area contributed by atoms with Crippen molar-refractivity contribution in [1.29, 1.82) is 10.5 Å². The number of ether oxygens (including phenoxy) is 2. The van der Waals surface area contributed by atoms with E-state index in [9.17, 15) is 9.47 Å². The Balaban J connectivity index is 1.66. The van der Waals surface area contributed by atoms with Crippen molar-refractivity contribution in [1.82, 2.24) is 4.83 Å². The molecule has 0 aliphatic carbocycles. The molecule has 0 aliphatic rings. The Labute approximate surface area is 217 Å². The van der Waals surface area contributed by atoms with Crippen molar-refractivity contribution >= 4 is 17.0 Å². The third-order valence-corrected chi connectivity index (χ3v) is 6.22. The minimum absolute atomic E-state index is 0.169. The molecule has 9 heteroatoms. The van der Waals surface area contributed by atoms with Gasteiger partial charge in [-0.2, -0.15) is 14.7 Å². The van der Waals surface area contributed by atoms with Crippen LogP contribution in [0.5, 0.6) is 17.2 Å². The maximum atomic E-state index is 12.3. The lowest BCUT2D eigenvalue weighted by atomic mass is 10.1. The van der Waals surface area contributed by atoms with E-state index in [-0.39, 0.29) is 11.1 Å². The molecule has 2 rings (SSSR count). The summed E-state index contributed by atoms with van der Waals surface area (Å²) in [5, 5.41) is 18.3. The molecule has 0 radical (unpaired) electrons. The van der Waals surface area contributed by atoms with Crippen LogP contribution >= 0.6 is 0 Å². The SMILES string of the molecule is CCCCCCCCCCCCOc1ccc(OS(=O)NNc2cc(C#N)c(C#N)cc2OC)cc1. The Morgan fingerprint density at radius 2 is 1.39 bits per heavy atom. The van der Waals surface area contributed by atoms with Gasteiger partial charge in [-0.1, -0.05) is 64.7 Å². The van der Waals surface area contributed by atoms with Crippen LogP contribution in [0.4, 0.5) is 5.69 Å². The topological polar surface area (TPSA) is 116 Å². The zero-order valence-electron chi connectivity index (χ0n) is 21.2. The summed E-state index contributed by atoms with van der Waals surface area (Å²) in [4.78, 5) is 2.50. The van der Waals surface area contributed by atoms with E-state index < -0.39 is 11.3 Å². The van der Waals surface area contributed by atoms with Crippen LogP contribution in [0.1, 0.15) is 82.3 Å². The average molecular weight is 513 g/mol. The van der Waals surface area contributed by atoms with Crippen molar-refractivity contribution in [3.8, 4) is 29.4 Å². The molecule has 0 bridgehead atoms. The second kappa shape index (κ2) is 17.2. The molecule has 0 aliphatic heterocycles. The van der Waals surface area contributed by atoms with E-state index in [2.05, 4.69) is 17.2 Å². The van der Waals surface area contributed by atoms with Crippen LogP contribution in [-0.4, -0.2) is 17.9 Å². The number of nitrogens with zero attached hydrogens (tertiary/aromatic N) is 2. The van der Waals surface area contributed by atoms with Crippen LogP contribution in [0.25, 0.3) is 0 Å². The number of hydrogen-bond donors (Lipinski definition) is 2. The molecule has 1 unspecified atom stereocenters. The lowest BCUT2D eigenvalue weighted by Gasteiger charge is -2.13. The molecular weight excluding hydrogens is 476 g/mol. The highest BCUT2D eigenvalue weighted by atomic mass is 32.2. The standard InChI is InChI=1S/C27H36N4O4S/c1-3-4-5-6-7-8-9-10-11-12-17-34-24-13-15-25(16-14-24)35-36(32)31-30-26-18-22(20-28)23(21-29)19-27(26)33-2/h13-16,18-19,30-31H,3-12,17H2,1-2H3. The average Bonchev–Trinajstić information content (AvgIpc) is 2.90. The third-order valence-electron chi connectivity index (χ3n) is 5.61. The van der Waals surface area contributed by atoms with Crippen molar-refractivity contribution in [3.05, 3.63) is 47.5 Å². The van der Waals surface area contributed by atoms with Gasteiger partial charge >= 0.3 is 11.3 Å². The molecule has 0 saturated carbocycles. The lowest BCUT2D eigenvalue weighted by molar-refractivity contribution is 0.304. The summed E-state index contributed by atoms with van der Waals surface area (Å²) in [6.07, 6.45) is 12.8. The van der Waals surface area contributed by atoms with Crippen LogP contribution in [0.2, 0.25) is 0 Å². The maximum Gasteiger partial charge on any atom is 0.306 e. The highest BCUT2D eigenvalue weighted by molar-refractivity contribution is 7.78. The first-order chi connectivity index (χ1) is 17.6. The van der Waals surface area contributed by atoms with Gasteiger partial charge < -0.3 is 19.1 Å². The normalized spacial score (nSPS) is 11.2. The minimum Gasteiger partial charge on any atom is -0.494 e. The summed E-state index contributed by atoms with van der Waals surface area (Å²) in [5.41, 5.74) is 3.40. The highest BCUT2D eigenvalue weighted by Gasteiger charge is 2.12. The molecule has 2 aromatic carbocycles.